The van der Waals surface area contributed by atoms with Crippen molar-refractivity contribution >= 4 is 16.4 Å². The highest BCUT2D eigenvalue weighted by Gasteiger charge is 2.48. The fraction of sp³-hybridized carbons (Fsp3) is 0.738. The molecule has 0 aromatic carbocycles. The maximum atomic E-state index is 13.0. The maximum Gasteiger partial charge on any atom is 0.397 e. The number of esters is 1. The Morgan fingerprint density at radius 3 is 1.29 bits per heavy atom. The van der Waals surface area contributed by atoms with Gasteiger partial charge in [-0.1, -0.05) is 239 Å². The average Bonchev–Trinajstić information content (AvgIpc) is 3.42. The van der Waals surface area contributed by atoms with E-state index in [4.69, 9.17) is 18.9 Å². The van der Waals surface area contributed by atoms with Gasteiger partial charge in [-0.05, 0) is 96.3 Å². The summed E-state index contributed by atoms with van der Waals surface area (Å²) in [6.07, 6.45) is 67.3. The van der Waals surface area contributed by atoms with Crippen LogP contribution in [-0.2, 0) is 38.3 Å². The monoisotopic (exact) mass is 1120 g/mol. The molecule has 4 N–H and O–H groups in total. The number of aliphatic hydroxyl groups is 3. The number of carbonyl (C=O) groups is 1. The Balaban J connectivity index is 2.29. The quantitative estimate of drug-likeness (QED) is 0.0196. The van der Waals surface area contributed by atoms with E-state index in [1.807, 2.05) is 0 Å². The predicted octanol–water partition coefficient (Wildman–Crippen LogP) is 16.1. The topological polar surface area (TPSA) is 178 Å². The second kappa shape index (κ2) is 54.6. The lowest BCUT2D eigenvalue weighted by Gasteiger charge is -2.41. The third kappa shape index (κ3) is 46.7. The van der Waals surface area contributed by atoms with Gasteiger partial charge < -0.3 is 34.3 Å². The van der Waals surface area contributed by atoms with E-state index in [1.54, 1.807) is 0 Å². The summed E-state index contributed by atoms with van der Waals surface area (Å²) in [5.74, 6) is -0.405. The molecule has 0 spiro atoms. The smallest absolute Gasteiger partial charge is 0.397 e. The van der Waals surface area contributed by atoms with Crippen LogP contribution in [-0.4, -0.2) is 97.5 Å². The number of allylic oxidation sites excluding steroid dienone is 16. The van der Waals surface area contributed by atoms with Gasteiger partial charge >= 0.3 is 16.4 Å². The van der Waals surface area contributed by atoms with Gasteiger partial charge in [0.05, 0.1) is 19.8 Å². The minimum atomic E-state index is -5.08. The molecule has 0 radical (unpaired) electrons. The number of carbonyl (C=O) groups excluding carboxylic acids is 1. The van der Waals surface area contributed by atoms with Crippen LogP contribution in [0, 0.1) is 0 Å². The summed E-state index contributed by atoms with van der Waals surface area (Å²) < 4.78 is 59.5. The SMILES string of the molecule is CC/C=C\C/C=C\C/C=C\C/C=C\C/C=C\C/C=C\CCCCCCCCCOCC(COC1OC(CO)C(O)C(OS(=O)(=O)O)C1O)OC(=O)CCCCCCCCCCCCCCC/C=C\C/C=C\CCCCCCC. The molecule has 1 fully saturated rings. The van der Waals surface area contributed by atoms with E-state index < -0.39 is 59.8 Å². The number of aliphatic hydroxyl groups excluding tert-OH is 3. The van der Waals surface area contributed by atoms with Gasteiger partial charge in [0.1, 0.15) is 30.5 Å². The van der Waals surface area contributed by atoms with Gasteiger partial charge in [0, 0.05) is 13.0 Å². The van der Waals surface area contributed by atoms with E-state index in [9.17, 15) is 33.1 Å². The Bertz CT molecular complexity index is 1720. The van der Waals surface area contributed by atoms with Crippen molar-refractivity contribution in [2.24, 2.45) is 0 Å². The van der Waals surface area contributed by atoms with Crippen LogP contribution >= 0.6 is 0 Å². The Kier molecular flexibility index (Phi) is 51.1. The van der Waals surface area contributed by atoms with Gasteiger partial charge in [-0.2, -0.15) is 8.42 Å². The number of rotatable bonds is 54. The lowest BCUT2D eigenvalue weighted by Crippen LogP contribution is -2.60. The molecule has 0 aliphatic carbocycles. The molecule has 1 aliphatic rings. The van der Waals surface area contributed by atoms with E-state index in [-0.39, 0.29) is 19.6 Å². The van der Waals surface area contributed by atoms with Crippen LogP contribution in [0.3, 0.4) is 0 Å². The third-order valence-corrected chi connectivity index (χ3v) is 14.2. The van der Waals surface area contributed by atoms with Crippen LogP contribution in [0.25, 0.3) is 0 Å². The number of unbranched alkanes of at least 4 members (excludes halogenated alkanes) is 25. The van der Waals surface area contributed by atoms with Crippen molar-refractivity contribution in [3.05, 3.63) is 97.2 Å². The van der Waals surface area contributed by atoms with E-state index in [2.05, 4.69) is 115 Å². The second-order valence-electron chi connectivity index (χ2n) is 20.9. The molecular weight excluding hydrogens is 1000 g/mol. The first-order chi connectivity index (χ1) is 38.1. The van der Waals surface area contributed by atoms with Crippen molar-refractivity contribution < 1.29 is 56.2 Å². The van der Waals surface area contributed by atoms with Gasteiger partial charge in [-0.25, -0.2) is 4.18 Å². The second-order valence-corrected chi connectivity index (χ2v) is 22.0. The first kappa shape index (κ1) is 73.0. The normalized spacial score (nSPS) is 19.1. The summed E-state index contributed by atoms with van der Waals surface area (Å²) in [6, 6.07) is 0. The Hall–Kier alpha value is -2.98. The highest BCUT2D eigenvalue weighted by Crippen LogP contribution is 2.26. The summed E-state index contributed by atoms with van der Waals surface area (Å²) in [5.41, 5.74) is 0. The van der Waals surface area contributed by atoms with Crippen LogP contribution in [0.2, 0.25) is 0 Å². The number of ether oxygens (including phenoxy) is 4. The molecule has 0 aromatic heterocycles. The summed E-state index contributed by atoms with van der Waals surface area (Å²) in [6.45, 7) is 3.86. The summed E-state index contributed by atoms with van der Waals surface area (Å²) >= 11 is 0. The first-order valence-electron chi connectivity index (χ1n) is 31.0. The lowest BCUT2D eigenvalue weighted by atomic mass is 9.99. The molecular formula is C65H112O12S. The zero-order chi connectivity index (χ0) is 56.7. The Morgan fingerprint density at radius 1 is 0.500 bits per heavy atom. The third-order valence-electron chi connectivity index (χ3n) is 13.7. The molecule has 1 saturated heterocycles. The zero-order valence-electron chi connectivity index (χ0n) is 48.9. The van der Waals surface area contributed by atoms with E-state index in [1.165, 1.54) is 122 Å². The molecule has 6 atom stereocenters. The van der Waals surface area contributed by atoms with Gasteiger partial charge in [-0.3, -0.25) is 9.35 Å². The molecule has 1 heterocycles. The van der Waals surface area contributed by atoms with Crippen LogP contribution in [0.4, 0.5) is 0 Å². The summed E-state index contributed by atoms with van der Waals surface area (Å²) in [5, 5.41) is 30.9. The fourth-order valence-corrected chi connectivity index (χ4v) is 9.57. The molecule has 0 aromatic rings. The van der Waals surface area contributed by atoms with Gasteiger partial charge in [-0.15, -0.1) is 0 Å². The van der Waals surface area contributed by atoms with Crippen LogP contribution in [0.1, 0.15) is 245 Å². The van der Waals surface area contributed by atoms with Crippen LogP contribution < -0.4 is 0 Å². The largest absolute Gasteiger partial charge is 0.457 e. The Labute approximate surface area is 476 Å². The minimum absolute atomic E-state index is 0.0232. The predicted molar refractivity (Wildman–Crippen MR) is 322 cm³/mol. The number of hydrogen-bond acceptors (Lipinski definition) is 11. The van der Waals surface area contributed by atoms with Crippen molar-refractivity contribution in [2.75, 3.05) is 26.4 Å². The fourth-order valence-electron chi connectivity index (χ4n) is 9.06. The van der Waals surface area contributed by atoms with E-state index >= 15 is 0 Å². The molecule has 12 nitrogen and oxygen atoms in total. The molecule has 13 heteroatoms. The van der Waals surface area contributed by atoms with E-state index in [0.717, 1.165) is 96.3 Å². The van der Waals surface area contributed by atoms with Gasteiger partial charge in [0.15, 0.2) is 6.29 Å². The average molecular weight is 1120 g/mol. The molecule has 78 heavy (non-hydrogen) atoms. The van der Waals surface area contributed by atoms with Crippen LogP contribution in [0.15, 0.2) is 97.2 Å². The molecule has 0 saturated carbocycles. The standard InChI is InChI=1S/C65H112O12S/c1-3-5-7-9-11-13-15-17-19-21-23-25-27-29-31-33-35-37-39-41-43-45-47-49-51-53-55-73-57-59(58-74-65-63(69)64(77-78(70,71)72)62(68)60(56-66)76-65)75-61(67)54-52-50-48-46-44-42-40-38-36-34-32-30-28-26-24-22-20-18-16-14-12-10-8-6-4-2/h5,7,11,13,16-19,22-25,29,31,35,37,59-60,62-66,68-69H,3-4,6,8-10,12,14-15,20-21,26-28,30,32-34,36,38-58H2,1-2H3,(H,70,71,72)/b7-5-,13-11-,18-16-,19-17-,24-22-,25-23-,31-29-,37-35-. The van der Waals surface area contributed by atoms with Crippen molar-refractivity contribution in [3.63, 3.8) is 0 Å². The molecule has 6 unspecified atom stereocenters. The van der Waals surface area contributed by atoms with Crippen molar-refractivity contribution in [1.29, 1.82) is 0 Å². The molecule has 450 valence electrons. The van der Waals surface area contributed by atoms with Crippen molar-refractivity contribution in [1.82, 2.24) is 0 Å². The van der Waals surface area contributed by atoms with Gasteiger partial charge in [0.2, 0.25) is 0 Å². The molecule has 1 aliphatic heterocycles. The molecule has 0 amide bonds. The highest BCUT2D eigenvalue weighted by atomic mass is 32.3. The maximum absolute atomic E-state index is 13.0. The molecule has 1 rings (SSSR count). The van der Waals surface area contributed by atoms with Crippen molar-refractivity contribution in [3.8, 4) is 0 Å². The summed E-state index contributed by atoms with van der Waals surface area (Å²) in [4.78, 5) is 13.0. The minimum Gasteiger partial charge on any atom is -0.457 e. The van der Waals surface area contributed by atoms with Crippen LogP contribution in [0.5, 0.6) is 0 Å². The summed E-state index contributed by atoms with van der Waals surface area (Å²) in [7, 11) is -5.08. The highest BCUT2D eigenvalue weighted by molar-refractivity contribution is 7.80. The van der Waals surface area contributed by atoms with Gasteiger partial charge in [0.25, 0.3) is 0 Å². The van der Waals surface area contributed by atoms with E-state index in [0.29, 0.717) is 13.0 Å². The first-order valence-corrected chi connectivity index (χ1v) is 32.4. The zero-order valence-corrected chi connectivity index (χ0v) is 49.8. The number of hydrogen-bond donors (Lipinski definition) is 4. The molecule has 0 bridgehead atoms. The Morgan fingerprint density at radius 2 is 0.885 bits per heavy atom. The van der Waals surface area contributed by atoms with Crippen molar-refractivity contribution in [2.45, 2.75) is 282 Å². The lowest BCUT2D eigenvalue weighted by molar-refractivity contribution is -0.301.